The summed E-state index contributed by atoms with van der Waals surface area (Å²) in [6.45, 7) is 24.5. The maximum absolute atomic E-state index is 7.07. The van der Waals surface area contributed by atoms with Gasteiger partial charge in [0.25, 0.3) is 0 Å². The number of ether oxygens (including phenoxy) is 1. The molecule has 0 bridgehead atoms. The molecule has 0 amide bonds. The molecule has 45 heavy (non-hydrogen) atoms. The van der Waals surface area contributed by atoms with Gasteiger partial charge in [-0.3, -0.25) is 0 Å². The molecule has 242 valence electrons. The fourth-order valence-corrected chi connectivity index (χ4v) is 7.89. The molecular formula is C36H52N4O3Si2. The van der Waals surface area contributed by atoms with Gasteiger partial charge in [0.05, 0.1) is 12.6 Å². The van der Waals surface area contributed by atoms with E-state index < -0.39 is 16.6 Å². The average molecular weight is 645 g/mol. The summed E-state index contributed by atoms with van der Waals surface area (Å²) >= 11 is 0. The van der Waals surface area contributed by atoms with Crippen molar-refractivity contribution >= 4 is 27.8 Å². The SMILES string of the molecule is CC(C)(C)[Si](C)(C)OC[C@@H]1C[C@@H](Oc2ncnc3c2nc(-c2ccccc2)n3Cc2ccccc2)C[C@@H]1O[Si](C)(C)C(C)(C)C. The van der Waals surface area contributed by atoms with Crippen molar-refractivity contribution in [3.63, 3.8) is 0 Å². The summed E-state index contributed by atoms with van der Waals surface area (Å²) in [6.07, 6.45) is 3.29. The van der Waals surface area contributed by atoms with Crippen LogP contribution in [0.15, 0.2) is 67.0 Å². The highest BCUT2D eigenvalue weighted by atomic mass is 28.4. The van der Waals surface area contributed by atoms with E-state index in [9.17, 15) is 0 Å². The molecule has 3 atom stereocenters. The number of benzene rings is 2. The van der Waals surface area contributed by atoms with Gasteiger partial charge in [-0.25, -0.2) is 9.97 Å². The molecule has 1 saturated carbocycles. The van der Waals surface area contributed by atoms with Crippen molar-refractivity contribution in [2.24, 2.45) is 5.92 Å². The van der Waals surface area contributed by atoms with Crippen molar-refractivity contribution < 1.29 is 13.6 Å². The van der Waals surface area contributed by atoms with Crippen LogP contribution in [0.4, 0.5) is 0 Å². The number of aromatic nitrogens is 4. The highest BCUT2D eigenvalue weighted by Crippen LogP contribution is 2.43. The monoisotopic (exact) mass is 644 g/mol. The predicted octanol–water partition coefficient (Wildman–Crippen LogP) is 9.11. The van der Waals surface area contributed by atoms with Gasteiger partial charge in [-0.05, 0) is 48.2 Å². The van der Waals surface area contributed by atoms with Crippen LogP contribution in [-0.2, 0) is 15.4 Å². The molecule has 1 aliphatic rings. The van der Waals surface area contributed by atoms with Crippen LogP contribution in [0, 0.1) is 5.92 Å². The Bertz CT molecular complexity index is 1580. The summed E-state index contributed by atoms with van der Waals surface area (Å²) in [7, 11) is -3.92. The Kier molecular flexibility index (Phi) is 9.49. The molecule has 2 aromatic carbocycles. The Balaban J connectivity index is 1.45. The number of rotatable bonds is 10. The third-order valence-corrected chi connectivity index (χ3v) is 19.3. The van der Waals surface area contributed by atoms with Gasteiger partial charge in [-0.2, -0.15) is 4.98 Å². The van der Waals surface area contributed by atoms with Crippen molar-refractivity contribution in [1.29, 1.82) is 0 Å². The number of hydrogen-bond donors (Lipinski definition) is 0. The molecule has 2 aromatic heterocycles. The molecular weight excluding hydrogens is 593 g/mol. The summed E-state index contributed by atoms with van der Waals surface area (Å²) < 4.78 is 22.8. The highest BCUT2D eigenvalue weighted by Gasteiger charge is 2.46. The van der Waals surface area contributed by atoms with Crippen LogP contribution in [0.25, 0.3) is 22.6 Å². The molecule has 2 heterocycles. The van der Waals surface area contributed by atoms with Gasteiger partial charge >= 0.3 is 0 Å². The largest absolute Gasteiger partial charge is 0.473 e. The maximum atomic E-state index is 7.07. The van der Waals surface area contributed by atoms with Crippen molar-refractivity contribution in [3.8, 4) is 17.3 Å². The van der Waals surface area contributed by atoms with Crippen molar-refractivity contribution in [1.82, 2.24) is 19.5 Å². The zero-order chi connectivity index (χ0) is 32.6. The maximum Gasteiger partial charge on any atom is 0.245 e. The molecule has 0 saturated heterocycles. The van der Waals surface area contributed by atoms with Crippen molar-refractivity contribution in [3.05, 3.63) is 72.6 Å². The summed E-state index contributed by atoms with van der Waals surface area (Å²) in [5, 5.41) is 0.272. The molecule has 0 radical (unpaired) electrons. The lowest BCUT2D eigenvalue weighted by molar-refractivity contribution is 0.0999. The van der Waals surface area contributed by atoms with E-state index in [1.165, 1.54) is 5.56 Å². The second-order valence-electron chi connectivity index (χ2n) is 15.7. The minimum absolute atomic E-state index is 0.0506. The van der Waals surface area contributed by atoms with Crippen LogP contribution in [0.5, 0.6) is 5.88 Å². The number of imidazole rings is 1. The molecule has 1 aliphatic carbocycles. The molecule has 4 aromatic rings. The van der Waals surface area contributed by atoms with E-state index in [0.717, 1.165) is 29.9 Å². The molecule has 0 N–H and O–H groups in total. The third-order valence-electron chi connectivity index (χ3n) is 10.3. The highest BCUT2D eigenvalue weighted by molar-refractivity contribution is 6.74. The predicted molar refractivity (Wildman–Crippen MR) is 189 cm³/mol. The van der Waals surface area contributed by atoms with Crippen LogP contribution >= 0.6 is 0 Å². The van der Waals surface area contributed by atoms with E-state index in [1.807, 2.05) is 24.3 Å². The van der Waals surface area contributed by atoms with Gasteiger partial charge in [0, 0.05) is 24.5 Å². The molecule has 5 rings (SSSR count). The Hall–Kier alpha value is -2.86. The number of hydrogen-bond acceptors (Lipinski definition) is 6. The second-order valence-corrected chi connectivity index (χ2v) is 25.2. The molecule has 1 fully saturated rings. The lowest BCUT2D eigenvalue weighted by Crippen LogP contribution is -2.46. The van der Waals surface area contributed by atoms with Gasteiger partial charge in [-0.1, -0.05) is 102 Å². The van der Waals surface area contributed by atoms with Crippen molar-refractivity contribution in [2.75, 3.05) is 6.61 Å². The first-order valence-corrected chi connectivity index (χ1v) is 22.2. The number of nitrogens with zero attached hydrogens (tertiary/aromatic N) is 4. The molecule has 0 unspecified atom stereocenters. The summed E-state index contributed by atoms with van der Waals surface area (Å²) in [6, 6.07) is 20.7. The lowest BCUT2D eigenvalue weighted by Gasteiger charge is -2.41. The minimum atomic E-state index is -2.01. The van der Waals surface area contributed by atoms with E-state index in [4.69, 9.17) is 23.6 Å². The molecule has 7 nitrogen and oxygen atoms in total. The standard InChI is InChI=1S/C36H52N4O3Si2/c1-35(2,3)44(7,8)41-24-28-21-29(22-30(28)43-45(9,10)36(4,5)6)42-34-31-33(37-25-38-34)40(23-26-17-13-11-14-18-26)32(39-31)27-19-15-12-16-20-27/h11-20,25,28-30H,21-24H2,1-10H3/t28-,29+,30-/m0/s1. The lowest BCUT2D eigenvalue weighted by atomic mass is 10.1. The van der Waals surface area contributed by atoms with E-state index >= 15 is 0 Å². The van der Waals surface area contributed by atoms with Gasteiger partial charge < -0.3 is 18.2 Å². The Labute approximate surface area is 272 Å². The fraction of sp³-hybridized carbons (Fsp3) is 0.528. The Morgan fingerprint density at radius 3 is 2.04 bits per heavy atom. The van der Waals surface area contributed by atoms with Gasteiger partial charge in [0.2, 0.25) is 5.88 Å². The van der Waals surface area contributed by atoms with Gasteiger partial charge in [0.1, 0.15) is 18.3 Å². The quantitative estimate of drug-likeness (QED) is 0.160. The first-order chi connectivity index (χ1) is 21.1. The van der Waals surface area contributed by atoms with Crippen LogP contribution in [0.2, 0.25) is 36.3 Å². The smallest absolute Gasteiger partial charge is 0.245 e. The van der Waals surface area contributed by atoms with E-state index in [1.54, 1.807) is 6.33 Å². The first-order valence-electron chi connectivity index (χ1n) is 16.3. The second kappa shape index (κ2) is 12.7. The number of fused-ring (bicyclic) bond motifs is 1. The van der Waals surface area contributed by atoms with Crippen LogP contribution < -0.4 is 4.74 Å². The van der Waals surface area contributed by atoms with Crippen LogP contribution in [0.1, 0.15) is 59.9 Å². The van der Waals surface area contributed by atoms with Gasteiger partial charge in [0.15, 0.2) is 27.8 Å². The third kappa shape index (κ3) is 7.43. The van der Waals surface area contributed by atoms with Crippen LogP contribution in [-0.4, -0.2) is 55.0 Å². The topological polar surface area (TPSA) is 71.3 Å². The summed E-state index contributed by atoms with van der Waals surface area (Å²) in [5.74, 6) is 1.64. The molecule has 0 aliphatic heterocycles. The summed E-state index contributed by atoms with van der Waals surface area (Å²) in [4.78, 5) is 14.5. The van der Waals surface area contributed by atoms with Gasteiger partial charge in [-0.15, -0.1) is 0 Å². The zero-order valence-corrected chi connectivity index (χ0v) is 30.9. The Morgan fingerprint density at radius 2 is 1.42 bits per heavy atom. The minimum Gasteiger partial charge on any atom is -0.473 e. The first kappa shape index (κ1) is 33.5. The van der Waals surface area contributed by atoms with E-state index in [2.05, 4.69) is 114 Å². The van der Waals surface area contributed by atoms with Crippen molar-refractivity contribution in [2.45, 2.75) is 109 Å². The fourth-order valence-electron chi connectivity index (χ4n) is 5.42. The van der Waals surface area contributed by atoms with Crippen LogP contribution in [0.3, 0.4) is 0 Å². The summed E-state index contributed by atoms with van der Waals surface area (Å²) in [5.41, 5.74) is 3.67. The average Bonchev–Trinajstić information content (AvgIpc) is 3.52. The normalized spacial score (nSPS) is 19.7. The molecule has 0 spiro atoms. The Morgan fingerprint density at radius 1 is 0.800 bits per heavy atom. The zero-order valence-electron chi connectivity index (χ0n) is 28.9. The van der Waals surface area contributed by atoms with E-state index in [-0.39, 0.29) is 28.2 Å². The van der Waals surface area contributed by atoms with E-state index in [0.29, 0.717) is 24.5 Å². The molecule has 9 heteroatoms.